The van der Waals surface area contributed by atoms with E-state index >= 15 is 0 Å². The van der Waals surface area contributed by atoms with Crippen molar-refractivity contribution in [1.29, 1.82) is 0 Å². The number of hydrazine groups is 1. The van der Waals surface area contributed by atoms with Crippen LogP contribution in [0.2, 0.25) is 0 Å². The van der Waals surface area contributed by atoms with Crippen LogP contribution in [0, 0.1) is 35.0 Å². The fourth-order valence-electron chi connectivity index (χ4n) is 7.64. The Balaban J connectivity index is 1.26. The summed E-state index contributed by atoms with van der Waals surface area (Å²) in [5, 5.41) is 0. The van der Waals surface area contributed by atoms with Crippen molar-refractivity contribution in [1.82, 2.24) is 15.8 Å². The van der Waals surface area contributed by atoms with Gasteiger partial charge in [-0.15, -0.1) is 0 Å². The topological polar surface area (TPSA) is 95.6 Å². The normalized spacial score (nSPS) is 39.4. The fourth-order valence-corrected chi connectivity index (χ4v) is 8.26. The Morgan fingerprint density at radius 3 is 1.97 bits per heavy atom. The lowest BCUT2D eigenvalue weighted by atomic mass is 9.49. The molecule has 170 valence electrons. The Labute approximate surface area is 187 Å². The Bertz CT molecular complexity index is 740. The first-order valence-corrected chi connectivity index (χ1v) is 13.3. The monoisotopic (exact) mass is 447 g/mol. The summed E-state index contributed by atoms with van der Waals surface area (Å²) in [5.74, 6) is 0.715. The number of rotatable bonds is 5. The molecule has 1 aliphatic heterocycles. The third-order valence-electron chi connectivity index (χ3n) is 8.63. The van der Waals surface area contributed by atoms with Gasteiger partial charge in [-0.05, 0) is 75.4 Å². The second kappa shape index (κ2) is 8.09. The van der Waals surface area contributed by atoms with E-state index in [1.54, 1.807) is 0 Å². The molecule has 5 saturated carbocycles. The molecule has 7 nitrogen and oxygen atoms in total. The standard InChI is InChI=1S/C23H33N3O4S/c1-31-12-18(26-20(28)16-4-2-3-5-17(16)21(26)29)19(27)24-25-22(30)23-9-13-6-14(10-23)8-15(7-13)11-23/h13-18H,2-12H2,1H3,(H,24,27)(H,25,30)/t13?,14?,15?,16-,17+,18-,23?/m0/s1. The van der Waals surface area contributed by atoms with Gasteiger partial charge >= 0.3 is 0 Å². The van der Waals surface area contributed by atoms with Crippen molar-refractivity contribution in [2.24, 2.45) is 35.0 Å². The molecule has 31 heavy (non-hydrogen) atoms. The van der Waals surface area contributed by atoms with Crippen molar-refractivity contribution < 1.29 is 19.2 Å². The Kier molecular flexibility index (Phi) is 5.55. The molecule has 0 unspecified atom stereocenters. The van der Waals surface area contributed by atoms with Crippen molar-refractivity contribution in [2.75, 3.05) is 12.0 Å². The van der Waals surface area contributed by atoms with Crippen LogP contribution in [0.4, 0.5) is 0 Å². The van der Waals surface area contributed by atoms with Crippen molar-refractivity contribution in [3.63, 3.8) is 0 Å². The maximum absolute atomic E-state index is 13.2. The summed E-state index contributed by atoms with van der Waals surface area (Å²) in [6, 6.07) is -0.878. The van der Waals surface area contributed by atoms with E-state index in [4.69, 9.17) is 0 Å². The predicted octanol–water partition coefficient (Wildman–Crippen LogP) is 2.26. The molecule has 6 aliphatic rings. The van der Waals surface area contributed by atoms with Crippen LogP contribution in [0.15, 0.2) is 0 Å². The average Bonchev–Trinajstić information content (AvgIpc) is 2.99. The summed E-state index contributed by atoms with van der Waals surface area (Å²) in [4.78, 5) is 53.4. The number of thioether (sulfide) groups is 1. The predicted molar refractivity (Wildman–Crippen MR) is 116 cm³/mol. The quantitative estimate of drug-likeness (QED) is 0.498. The Morgan fingerprint density at radius 1 is 0.968 bits per heavy atom. The molecule has 0 spiro atoms. The molecule has 1 saturated heterocycles. The number of amides is 4. The van der Waals surface area contributed by atoms with Gasteiger partial charge in [-0.25, -0.2) is 0 Å². The molecule has 1 heterocycles. The molecular formula is C23H33N3O4S. The highest BCUT2D eigenvalue weighted by Crippen LogP contribution is 2.60. The van der Waals surface area contributed by atoms with Gasteiger partial charge in [0, 0.05) is 5.75 Å². The summed E-state index contributed by atoms with van der Waals surface area (Å²) in [6.45, 7) is 0. The highest BCUT2D eigenvalue weighted by molar-refractivity contribution is 7.98. The van der Waals surface area contributed by atoms with Gasteiger partial charge in [0.1, 0.15) is 6.04 Å². The van der Waals surface area contributed by atoms with E-state index in [1.165, 1.54) is 35.9 Å². The first kappa shape index (κ1) is 21.3. The molecule has 0 radical (unpaired) electrons. The second-order valence-electron chi connectivity index (χ2n) is 10.7. The zero-order valence-electron chi connectivity index (χ0n) is 18.2. The highest BCUT2D eigenvalue weighted by atomic mass is 32.2. The van der Waals surface area contributed by atoms with Gasteiger partial charge in [0.2, 0.25) is 17.7 Å². The number of nitrogens with one attached hydrogen (secondary N) is 2. The van der Waals surface area contributed by atoms with Crippen molar-refractivity contribution in [2.45, 2.75) is 70.3 Å². The first-order valence-electron chi connectivity index (χ1n) is 11.9. The molecule has 0 aromatic carbocycles. The largest absolute Gasteiger partial charge is 0.274 e. The van der Waals surface area contributed by atoms with E-state index in [2.05, 4.69) is 10.9 Å². The van der Waals surface area contributed by atoms with E-state index in [-0.39, 0.29) is 35.0 Å². The third kappa shape index (κ3) is 3.58. The number of nitrogens with zero attached hydrogens (tertiary/aromatic N) is 1. The van der Waals surface area contributed by atoms with Crippen LogP contribution in [0.3, 0.4) is 0 Å². The SMILES string of the molecule is CSC[C@@H](C(=O)NNC(=O)C12CC3CC(CC(C3)C1)C2)N1C(=O)[C@H]2CCCC[C@H]2C1=O. The number of carbonyl (C=O) groups excluding carboxylic acids is 4. The molecule has 0 aromatic rings. The number of carbonyl (C=O) groups is 4. The molecule has 0 aromatic heterocycles. The van der Waals surface area contributed by atoms with Crippen molar-refractivity contribution in [3.05, 3.63) is 0 Å². The number of imide groups is 1. The zero-order valence-corrected chi connectivity index (χ0v) is 19.0. The van der Waals surface area contributed by atoms with Gasteiger partial charge in [-0.2, -0.15) is 11.8 Å². The van der Waals surface area contributed by atoms with Crippen LogP contribution in [0.25, 0.3) is 0 Å². The summed E-state index contributed by atoms with van der Waals surface area (Å²) in [6.07, 6.45) is 11.7. The molecule has 6 fully saturated rings. The molecular weight excluding hydrogens is 414 g/mol. The molecule has 4 amide bonds. The number of fused-ring (bicyclic) bond motifs is 1. The van der Waals surface area contributed by atoms with Gasteiger partial charge in [0.25, 0.3) is 5.91 Å². The lowest BCUT2D eigenvalue weighted by molar-refractivity contribution is -0.151. The zero-order chi connectivity index (χ0) is 21.8. The number of hydrogen-bond donors (Lipinski definition) is 2. The maximum atomic E-state index is 13.2. The van der Waals surface area contributed by atoms with Gasteiger partial charge in [0.05, 0.1) is 17.3 Å². The minimum atomic E-state index is -0.878. The van der Waals surface area contributed by atoms with Crippen LogP contribution in [0.5, 0.6) is 0 Å². The van der Waals surface area contributed by atoms with E-state index in [9.17, 15) is 19.2 Å². The van der Waals surface area contributed by atoms with Gasteiger partial charge in [0.15, 0.2) is 0 Å². The molecule has 3 atom stereocenters. The summed E-state index contributed by atoms with van der Waals surface area (Å²) in [7, 11) is 0. The first-order chi connectivity index (χ1) is 14.9. The van der Waals surface area contributed by atoms with Gasteiger partial charge in [-0.1, -0.05) is 12.8 Å². The maximum Gasteiger partial charge on any atom is 0.262 e. The van der Waals surface area contributed by atoms with E-state index in [0.717, 1.165) is 44.9 Å². The van der Waals surface area contributed by atoms with Crippen LogP contribution in [-0.2, 0) is 19.2 Å². The summed E-state index contributed by atoms with van der Waals surface area (Å²) < 4.78 is 0. The molecule has 2 N–H and O–H groups in total. The van der Waals surface area contributed by atoms with Gasteiger partial charge < -0.3 is 0 Å². The lowest BCUT2D eigenvalue weighted by Gasteiger charge is -2.55. The smallest absolute Gasteiger partial charge is 0.262 e. The minimum absolute atomic E-state index is 0.0874. The van der Waals surface area contributed by atoms with Crippen molar-refractivity contribution >= 4 is 35.4 Å². The molecule has 8 heteroatoms. The fraction of sp³-hybridized carbons (Fsp3) is 0.826. The van der Waals surface area contributed by atoms with Crippen LogP contribution >= 0.6 is 11.8 Å². The van der Waals surface area contributed by atoms with Crippen LogP contribution < -0.4 is 10.9 Å². The van der Waals surface area contributed by atoms with E-state index < -0.39 is 11.9 Å². The Hall–Kier alpha value is -1.57. The number of hydrogen-bond acceptors (Lipinski definition) is 5. The highest BCUT2D eigenvalue weighted by Gasteiger charge is 2.55. The molecule has 4 bridgehead atoms. The van der Waals surface area contributed by atoms with Crippen LogP contribution in [0.1, 0.15) is 64.2 Å². The number of likely N-dealkylation sites (tertiary alicyclic amines) is 1. The Morgan fingerprint density at radius 2 is 1.48 bits per heavy atom. The summed E-state index contributed by atoms with van der Waals surface area (Å²) in [5.41, 5.74) is 4.94. The lowest BCUT2D eigenvalue weighted by Crippen LogP contribution is -2.60. The van der Waals surface area contributed by atoms with Crippen molar-refractivity contribution in [3.8, 4) is 0 Å². The summed E-state index contributed by atoms with van der Waals surface area (Å²) >= 11 is 1.42. The van der Waals surface area contributed by atoms with Crippen LogP contribution in [-0.4, -0.2) is 46.6 Å². The van der Waals surface area contributed by atoms with E-state index in [0.29, 0.717) is 23.5 Å². The minimum Gasteiger partial charge on any atom is -0.274 e. The van der Waals surface area contributed by atoms with Gasteiger partial charge in [-0.3, -0.25) is 34.9 Å². The van der Waals surface area contributed by atoms with E-state index in [1.807, 2.05) is 6.26 Å². The molecule has 6 rings (SSSR count). The average molecular weight is 448 g/mol. The third-order valence-corrected chi connectivity index (χ3v) is 9.28. The second-order valence-corrected chi connectivity index (χ2v) is 11.6. The molecule has 5 aliphatic carbocycles.